The highest BCUT2D eigenvalue weighted by molar-refractivity contribution is 5.83. The van der Waals surface area contributed by atoms with Gasteiger partial charge in [0.05, 0.1) is 0 Å². The Morgan fingerprint density at radius 3 is 3.06 bits per heavy atom. The number of ketones is 1. The Labute approximate surface area is 95.5 Å². The summed E-state index contributed by atoms with van der Waals surface area (Å²) < 4.78 is 0. The second kappa shape index (κ2) is 5.12. The van der Waals surface area contributed by atoms with Crippen molar-refractivity contribution < 1.29 is 9.90 Å². The van der Waals surface area contributed by atoms with Gasteiger partial charge in [-0.3, -0.25) is 4.79 Å². The maximum absolute atomic E-state index is 12.0. The van der Waals surface area contributed by atoms with E-state index in [-0.39, 0.29) is 17.5 Å². The molecule has 1 atom stereocenters. The van der Waals surface area contributed by atoms with Gasteiger partial charge in [0.1, 0.15) is 11.5 Å². The molecule has 0 aromatic heterocycles. The Hall–Kier alpha value is -1.35. The van der Waals surface area contributed by atoms with Gasteiger partial charge in [-0.15, -0.1) is 0 Å². The van der Waals surface area contributed by atoms with Crippen LogP contribution in [0.2, 0.25) is 0 Å². The molecule has 0 bridgehead atoms. The fourth-order valence-electron chi connectivity index (χ4n) is 2.14. The summed E-state index contributed by atoms with van der Waals surface area (Å²) >= 11 is 0. The van der Waals surface area contributed by atoms with Gasteiger partial charge in [-0.1, -0.05) is 12.1 Å². The second-order valence-corrected chi connectivity index (χ2v) is 4.36. The van der Waals surface area contributed by atoms with E-state index in [1.165, 1.54) is 0 Å². The summed E-state index contributed by atoms with van der Waals surface area (Å²) in [6.45, 7) is 1.83. The highest BCUT2D eigenvalue weighted by Gasteiger charge is 2.20. The Balaban J connectivity index is 1.96. The van der Waals surface area contributed by atoms with Gasteiger partial charge in [-0.2, -0.15) is 0 Å². The number of hydrogen-bond donors (Lipinski definition) is 2. The molecule has 1 unspecified atom stereocenters. The summed E-state index contributed by atoms with van der Waals surface area (Å²) in [7, 11) is 0. The van der Waals surface area contributed by atoms with Crippen molar-refractivity contribution in [3.8, 4) is 5.75 Å². The van der Waals surface area contributed by atoms with Gasteiger partial charge < -0.3 is 10.4 Å². The van der Waals surface area contributed by atoms with Crippen LogP contribution in [-0.4, -0.2) is 24.0 Å². The van der Waals surface area contributed by atoms with Crippen LogP contribution in [0.1, 0.15) is 18.4 Å². The molecule has 1 aromatic carbocycles. The van der Waals surface area contributed by atoms with Crippen molar-refractivity contribution in [1.82, 2.24) is 5.32 Å². The number of phenols is 1. The van der Waals surface area contributed by atoms with E-state index in [0.717, 1.165) is 31.5 Å². The van der Waals surface area contributed by atoms with Gasteiger partial charge in [0.15, 0.2) is 0 Å². The van der Waals surface area contributed by atoms with Crippen molar-refractivity contribution in [3.05, 3.63) is 29.8 Å². The third-order valence-corrected chi connectivity index (χ3v) is 3.04. The summed E-state index contributed by atoms with van der Waals surface area (Å²) in [4.78, 5) is 12.0. The average Bonchev–Trinajstić information content (AvgIpc) is 2.30. The lowest BCUT2D eigenvalue weighted by Gasteiger charge is -2.21. The second-order valence-electron chi connectivity index (χ2n) is 4.36. The van der Waals surface area contributed by atoms with Crippen LogP contribution in [0.4, 0.5) is 0 Å². The van der Waals surface area contributed by atoms with E-state index in [2.05, 4.69) is 5.32 Å². The molecule has 3 nitrogen and oxygen atoms in total. The van der Waals surface area contributed by atoms with E-state index in [1.54, 1.807) is 18.2 Å². The van der Waals surface area contributed by atoms with Gasteiger partial charge in [-0.25, -0.2) is 0 Å². The first-order chi connectivity index (χ1) is 7.75. The van der Waals surface area contributed by atoms with Gasteiger partial charge in [0, 0.05) is 18.9 Å². The largest absolute Gasteiger partial charge is 0.508 e. The van der Waals surface area contributed by atoms with Gasteiger partial charge in [-0.05, 0) is 37.1 Å². The SMILES string of the molecule is O=C(Cc1cccc(O)c1)C1CCCNC1. The van der Waals surface area contributed by atoms with E-state index in [9.17, 15) is 9.90 Å². The molecule has 0 radical (unpaired) electrons. The lowest BCUT2D eigenvalue weighted by Crippen LogP contribution is -2.35. The molecule has 2 N–H and O–H groups in total. The molecule has 0 amide bonds. The number of nitrogens with one attached hydrogen (secondary N) is 1. The number of carbonyl (C=O) groups is 1. The maximum Gasteiger partial charge on any atom is 0.141 e. The third kappa shape index (κ3) is 2.83. The van der Waals surface area contributed by atoms with Crippen LogP contribution in [0.3, 0.4) is 0 Å². The summed E-state index contributed by atoms with van der Waals surface area (Å²) in [6.07, 6.45) is 2.50. The van der Waals surface area contributed by atoms with Crippen molar-refractivity contribution in [2.45, 2.75) is 19.3 Å². The highest BCUT2D eigenvalue weighted by Crippen LogP contribution is 2.16. The number of Topliss-reactive ketones (excluding diaryl/α,β-unsaturated/α-hetero) is 1. The molecule has 0 spiro atoms. The van der Waals surface area contributed by atoms with E-state index in [4.69, 9.17) is 0 Å². The molecule has 2 rings (SSSR count). The molecule has 1 heterocycles. The third-order valence-electron chi connectivity index (χ3n) is 3.04. The number of carbonyl (C=O) groups excluding carboxylic acids is 1. The Morgan fingerprint density at radius 1 is 1.50 bits per heavy atom. The predicted octanol–water partition coefficient (Wildman–Crippen LogP) is 1.50. The van der Waals surface area contributed by atoms with E-state index in [0.29, 0.717) is 6.42 Å². The number of aromatic hydroxyl groups is 1. The number of phenolic OH excluding ortho intramolecular Hbond substituents is 1. The van der Waals surface area contributed by atoms with Crippen LogP contribution < -0.4 is 5.32 Å². The number of benzene rings is 1. The number of hydrogen-bond acceptors (Lipinski definition) is 3. The smallest absolute Gasteiger partial charge is 0.141 e. The lowest BCUT2D eigenvalue weighted by molar-refractivity contribution is -0.122. The molecule has 16 heavy (non-hydrogen) atoms. The number of rotatable bonds is 3. The summed E-state index contributed by atoms with van der Waals surface area (Å²) in [5, 5.41) is 12.6. The molecule has 1 fully saturated rings. The Kier molecular flexibility index (Phi) is 3.57. The van der Waals surface area contributed by atoms with E-state index < -0.39 is 0 Å². The fraction of sp³-hybridized carbons (Fsp3) is 0.462. The van der Waals surface area contributed by atoms with Crippen LogP contribution in [0.25, 0.3) is 0 Å². The Morgan fingerprint density at radius 2 is 2.38 bits per heavy atom. The molecular formula is C13H17NO2. The molecule has 1 aliphatic rings. The van der Waals surface area contributed by atoms with Gasteiger partial charge in [0.2, 0.25) is 0 Å². The zero-order valence-corrected chi connectivity index (χ0v) is 9.28. The van der Waals surface area contributed by atoms with Crippen LogP contribution in [-0.2, 0) is 11.2 Å². The molecule has 0 saturated carbocycles. The predicted molar refractivity (Wildman–Crippen MR) is 62.4 cm³/mol. The normalized spacial score (nSPS) is 20.6. The Bertz CT molecular complexity index is 370. The summed E-state index contributed by atoms with van der Waals surface area (Å²) in [5.41, 5.74) is 0.899. The first-order valence-corrected chi connectivity index (χ1v) is 5.77. The molecule has 0 aliphatic carbocycles. The van der Waals surface area contributed by atoms with Crippen molar-refractivity contribution in [2.75, 3.05) is 13.1 Å². The molecule has 1 aliphatic heterocycles. The van der Waals surface area contributed by atoms with Crippen molar-refractivity contribution in [1.29, 1.82) is 0 Å². The van der Waals surface area contributed by atoms with Crippen LogP contribution in [0, 0.1) is 5.92 Å². The quantitative estimate of drug-likeness (QED) is 0.810. The molecule has 3 heteroatoms. The summed E-state index contributed by atoms with van der Waals surface area (Å²) in [5.74, 6) is 0.654. The number of piperidine rings is 1. The standard InChI is InChI=1S/C13H17NO2/c15-12-5-1-3-10(7-12)8-13(16)11-4-2-6-14-9-11/h1,3,5,7,11,14-15H,2,4,6,8-9H2. The molecule has 1 saturated heterocycles. The zero-order valence-electron chi connectivity index (χ0n) is 9.28. The van der Waals surface area contributed by atoms with Crippen LogP contribution in [0.5, 0.6) is 5.75 Å². The van der Waals surface area contributed by atoms with Crippen molar-refractivity contribution >= 4 is 5.78 Å². The van der Waals surface area contributed by atoms with E-state index in [1.807, 2.05) is 6.07 Å². The minimum atomic E-state index is 0.149. The lowest BCUT2D eigenvalue weighted by atomic mass is 9.91. The molecule has 1 aromatic rings. The first kappa shape index (κ1) is 11.1. The minimum absolute atomic E-state index is 0.149. The monoisotopic (exact) mass is 219 g/mol. The van der Waals surface area contributed by atoms with E-state index >= 15 is 0 Å². The van der Waals surface area contributed by atoms with Crippen LogP contribution in [0.15, 0.2) is 24.3 Å². The minimum Gasteiger partial charge on any atom is -0.508 e. The van der Waals surface area contributed by atoms with Crippen molar-refractivity contribution in [3.63, 3.8) is 0 Å². The zero-order chi connectivity index (χ0) is 11.4. The average molecular weight is 219 g/mol. The molecule has 86 valence electrons. The topological polar surface area (TPSA) is 49.3 Å². The van der Waals surface area contributed by atoms with Gasteiger partial charge in [0.25, 0.3) is 0 Å². The molecular weight excluding hydrogens is 202 g/mol. The highest BCUT2D eigenvalue weighted by atomic mass is 16.3. The maximum atomic E-state index is 12.0. The fourth-order valence-corrected chi connectivity index (χ4v) is 2.14. The van der Waals surface area contributed by atoms with Gasteiger partial charge >= 0.3 is 0 Å². The summed E-state index contributed by atoms with van der Waals surface area (Å²) in [6, 6.07) is 6.94. The first-order valence-electron chi connectivity index (χ1n) is 5.77. The van der Waals surface area contributed by atoms with Crippen LogP contribution >= 0.6 is 0 Å². The van der Waals surface area contributed by atoms with Crippen molar-refractivity contribution in [2.24, 2.45) is 5.92 Å².